The van der Waals surface area contributed by atoms with Crippen molar-refractivity contribution in [2.75, 3.05) is 18.6 Å². The molecule has 0 spiro atoms. The molecule has 2 aromatic carbocycles. The van der Waals surface area contributed by atoms with Crippen LogP contribution >= 0.6 is 0 Å². The van der Waals surface area contributed by atoms with Gasteiger partial charge in [-0.25, -0.2) is 0 Å². The highest BCUT2D eigenvalue weighted by molar-refractivity contribution is 5.94. The lowest BCUT2D eigenvalue weighted by Gasteiger charge is -2.29. The standard InChI is InChI=1S/C19H18N6O4/c1-29-16-6-2-4-14(11-16)19-20-22-24(21-19)12-18(26)23-9-3-5-13-10-15(25(27)28)7-8-17(13)23/h2,4,6-8,10-11H,3,5,9,12H2,1H3. The molecule has 0 unspecified atom stereocenters. The number of tetrazole rings is 1. The maximum Gasteiger partial charge on any atom is 0.269 e. The van der Waals surface area contributed by atoms with Gasteiger partial charge in [0.05, 0.1) is 12.0 Å². The number of hydrogen-bond acceptors (Lipinski definition) is 7. The van der Waals surface area contributed by atoms with Crippen LogP contribution in [-0.2, 0) is 17.8 Å². The van der Waals surface area contributed by atoms with E-state index < -0.39 is 4.92 Å². The largest absolute Gasteiger partial charge is 0.497 e. The highest BCUT2D eigenvalue weighted by atomic mass is 16.6. The van der Waals surface area contributed by atoms with Crippen LogP contribution in [0, 0.1) is 10.1 Å². The molecular formula is C19H18N6O4. The van der Waals surface area contributed by atoms with Crippen LogP contribution in [0.5, 0.6) is 5.75 Å². The number of nitro benzene ring substituents is 1. The molecule has 1 amide bonds. The molecule has 0 aliphatic carbocycles. The fourth-order valence-corrected chi connectivity index (χ4v) is 3.35. The Morgan fingerprint density at radius 2 is 2.14 bits per heavy atom. The number of carbonyl (C=O) groups excluding carboxylic acids is 1. The van der Waals surface area contributed by atoms with Crippen molar-refractivity contribution in [3.05, 3.63) is 58.1 Å². The monoisotopic (exact) mass is 394 g/mol. The maximum absolute atomic E-state index is 12.8. The number of nitro groups is 1. The maximum atomic E-state index is 12.8. The van der Waals surface area contributed by atoms with Gasteiger partial charge >= 0.3 is 0 Å². The third-order valence-corrected chi connectivity index (χ3v) is 4.75. The van der Waals surface area contributed by atoms with E-state index in [0.717, 1.165) is 17.5 Å². The summed E-state index contributed by atoms with van der Waals surface area (Å²) >= 11 is 0. The van der Waals surface area contributed by atoms with Crippen molar-refractivity contribution in [3.63, 3.8) is 0 Å². The number of nitrogens with zero attached hydrogens (tertiary/aromatic N) is 6. The van der Waals surface area contributed by atoms with E-state index in [1.165, 1.54) is 16.9 Å². The number of non-ortho nitro benzene ring substituents is 1. The quantitative estimate of drug-likeness (QED) is 0.481. The van der Waals surface area contributed by atoms with Crippen LogP contribution in [0.3, 0.4) is 0 Å². The van der Waals surface area contributed by atoms with Gasteiger partial charge in [-0.2, -0.15) is 4.80 Å². The minimum absolute atomic E-state index is 0.0268. The van der Waals surface area contributed by atoms with Crippen LogP contribution in [0.1, 0.15) is 12.0 Å². The van der Waals surface area contributed by atoms with E-state index in [1.807, 2.05) is 18.2 Å². The summed E-state index contributed by atoms with van der Waals surface area (Å²) in [6, 6.07) is 11.8. The first-order chi connectivity index (χ1) is 14.0. The molecule has 1 aromatic heterocycles. The molecule has 2 heterocycles. The Balaban J connectivity index is 1.52. The molecule has 0 fully saturated rings. The summed E-state index contributed by atoms with van der Waals surface area (Å²) in [5.74, 6) is 0.870. The van der Waals surface area contributed by atoms with Crippen LogP contribution in [0.4, 0.5) is 11.4 Å². The molecule has 10 heteroatoms. The van der Waals surface area contributed by atoms with Crippen molar-refractivity contribution < 1.29 is 14.5 Å². The van der Waals surface area contributed by atoms with E-state index in [-0.39, 0.29) is 18.1 Å². The lowest BCUT2D eigenvalue weighted by atomic mass is 10.0. The molecule has 29 heavy (non-hydrogen) atoms. The SMILES string of the molecule is COc1cccc(-c2nnn(CC(=O)N3CCCc4cc([N+](=O)[O-])ccc43)n2)c1. The van der Waals surface area contributed by atoms with Crippen LogP contribution in [0.25, 0.3) is 11.4 Å². The molecule has 3 aromatic rings. The van der Waals surface area contributed by atoms with Gasteiger partial charge in [-0.05, 0) is 41.8 Å². The molecule has 0 saturated carbocycles. The zero-order chi connectivity index (χ0) is 20.4. The Labute approximate surface area is 165 Å². The van der Waals surface area contributed by atoms with Crippen LogP contribution < -0.4 is 9.64 Å². The molecule has 1 aliphatic heterocycles. The van der Waals surface area contributed by atoms with Gasteiger partial charge in [0.2, 0.25) is 5.82 Å². The average molecular weight is 394 g/mol. The number of benzene rings is 2. The Kier molecular flexibility index (Phi) is 4.90. The van der Waals surface area contributed by atoms with E-state index in [0.29, 0.717) is 30.2 Å². The van der Waals surface area contributed by atoms with Gasteiger partial charge in [0.25, 0.3) is 11.6 Å². The second kappa shape index (κ2) is 7.66. The first-order valence-corrected chi connectivity index (χ1v) is 9.05. The van der Waals surface area contributed by atoms with E-state index in [4.69, 9.17) is 4.74 Å². The lowest BCUT2D eigenvalue weighted by Crippen LogP contribution is -2.38. The summed E-state index contributed by atoms with van der Waals surface area (Å²) in [6.45, 7) is 0.467. The van der Waals surface area contributed by atoms with Crippen LogP contribution in [0.2, 0.25) is 0 Å². The molecule has 0 saturated heterocycles. The van der Waals surface area contributed by atoms with Crippen molar-refractivity contribution in [1.29, 1.82) is 0 Å². The minimum Gasteiger partial charge on any atom is -0.497 e. The predicted octanol–water partition coefficient (Wildman–Crippen LogP) is 2.24. The van der Waals surface area contributed by atoms with E-state index in [2.05, 4.69) is 15.4 Å². The molecule has 0 bridgehead atoms. The Morgan fingerprint density at radius 3 is 2.93 bits per heavy atom. The number of fused-ring (bicyclic) bond motifs is 1. The Morgan fingerprint density at radius 1 is 1.28 bits per heavy atom. The molecular weight excluding hydrogens is 376 g/mol. The molecule has 4 rings (SSSR count). The molecule has 10 nitrogen and oxygen atoms in total. The second-order valence-electron chi connectivity index (χ2n) is 6.59. The number of aromatic nitrogens is 4. The smallest absolute Gasteiger partial charge is 0.269 e. The summed E-state index contributed by atoms with van der Waals surface area (Å²) in [5, 5.41) is 23.3. The third-order valence-electron chi connectivity index (χ3n) is 4.75. The molecule has 1 aliphatic rings. The number of carbonyl (C=O) groups is 1. The minimum atomic E-state index is -0.430. The van der Waals surface area contributed by atoms with Crippen molar-refractivity contribution in [2.24, 2.45) is 0 Å². The zero-order valence-corrected chi connectivity index (χ0v) is 15.7. The molecule has 0 radical (unpaired) electrons. The zero-order valence-electron chi connectivity index (χ0n) is 15.7. The number of methoxy groups -OCH3 is 1. The first-order valence-electron chi connectivity index (χ1n) is 9.05. The van der Waals surface area contributed by atoms with Gasteiger partial charge in [0.1, 0.15) is 12.3 Å². The van der Waals surface area contributed by atoms with Gasteiger partial charge in [-0.1, -0.05) is 12.1 Å². The van der Waals surface area contributed by atoms with Crippen LogP contribution in [0.15, 0.2) is 42.5 Å². The van der Waals surface area contributed by atoms with Gasteiger partial charge < -0.3 is 9.64 Å². The fraction of sp³-hybridized carbons (Fsp3) is 0.263. The number of amides is 1. The Hall–Kier alpha value is -3.82. The molecule has 148 valence electrons. The number of rotatable bonds is 5. The number of ether oxygens (including phenoxy) is 1. The van der Waals surface area contributed by atoms with E-state index >= 15 is 0 Å². The molecule has 0 N–H and O–H groups in total. The highest BCUT2D eigenvalue weighted by Gasteiger charge is 2.25. The normalized spacial score (nSPS) is 13.1. The van der Waals surface area contributed by atoms with E-state index in [1.54, 1.807) is 24.1 Å². The second-order valence-corrected chi connectivity index (χ2v) is 6.59. The average Bonchev–Trinajstić information content (AvgIpc) is 3.21. The van der Waals surface area contributed by atoms with Crippen molar-refractivity contribution in [1.82, 2.24) is 20.2 Å². The fourth-order valence-electron chi connectivity index (χ4n) is 3.35. The number of aryl methyl sites for hydroxylation is 1. The highest BCUT2D eigenvalue weighted by Crippen LogP contribution is 2.30. The van der Waals surface area contributed by atoms with Crippen molar-refractivity contribution in [3.8, 4) is 17.1 Å². The summed E-state index contributed by atoms with van der Waals surface area (Å²) < 4.78 is 5.20. The number of hydrogen-bond donors (Lipinski definition) is 0. The van der Waals surface area contributed by atoms with Crippen molar-refractivity contribution >= 4 is 17.3 Å². The summed E-state index contributed by atoms with van der Waals surface area (Å²) in [7, 11) is 1.58. The molecule has 0 atom stereocenters. The first kappa shape index (κ1) is 18.5. The van der Waals surface area contributed by atoms with Gasteiger partial charge in [-0.3, -0.25) is 14.9 Å². The van der Waals surface area contributed by atoms with Gasteiger partial charge in [0.15, 0.2) is 0 Å². The van der Waals surface area contributed by atoms with Gasteiger partial charge in [0, 0.05) is 29.9 Å². The topological polar surface area (TPSA) is 116 Å². The van der Waals surface area contributed by atoms with E-state index in [9.17, 15) is 14.9 Å². The van der Waals surface area contributed by atoms with Gasteiger partial charge in [-0.15, -0.1) is 10.2 Å². The van der Waals surface area contributed by atoms with Crippen LogP contribution in [-0.4, -0.2) is 44.7 Å². The summed E-state index contributed by atoms with van der Waals surface area (Å²) in [5.41, 5.74) is 2.25. The third kappa shape index (κ3) is 3.77. The Bertz CT molecular complexity index is 1080. The lowest BCUT2D eigenvalue weighted by molar-refractivity contribution is -0.384. The summed E-state index contributed by atoms with van der Waals surface area (Å²) in [4.78, 5) is 26.3. The number of anilines is 1. The summed E-state index contributed by atoms with van der Waals surface area (Å²) in [6.07, 6.45) is 1.43. The predicted molar refractivity (Wildman–Crippen MR) is 104 cm³/mol. The van der Waals surface area contributed by atoms with Crippen molar-refractivity contribution in [2.45, 2.75) is 19.4 Å².